The van der Waals surface area contributed by atoms with Gasteiger partial charge in [0.15, 0.2) is 0 Å². The Labute approximate surface area is 191 Å². The summed E-state index contributed by atoms with van der Waals surface area (Å²) in [5.74, 6) is 0.663. The van der Waals surface area contributed by atoms with Gasteiger partial charge in [0.05, 0.1) is 17.6 Å². The molecule has 4 rings (SSSR count). The Bertz CT molecular complexity index is 1040. The Hall–Kier alpha value is -2.15. The standard InChI is InChI=1S/C22H26N4O3S2/c1-3-25-19(24-8-4-5-9-24)16(14(2)17(12-23)20(25)27)11-18-21(28)26(22(30)31-18)13-15-7-6-10-29-15/h11,15H,3-10,13H2,1-2H3. The van der Waals surface area contributed by atoms with Crippen LogP contribution in [0, 0.1) is 18.3 Å². The van der Waals surface area contributed by atoms with Crippen molar-refractivity contribution < 1.29 is 9.53 Å². The van der Waals surface area contributed by atoms with Crippen molar-refractivity contribution in [1.29, 1.82) is 5.26 Å². The normalized spacial score (nSPS) is 22.7. The predicted octanol–water partition coefficient (Wildman–Crippen LogP) is 3.03. The van der Waals surface area contributed by atoms with E-state index >= 15 is 0 Å². The molecule has 1 aromatic rings. The van der Waals surface area contributed by atoms with Crippen LogP contribution in [0.2, 0.25) is 0 Å². The van der Waals surface area contributed by atoms with Crippen molar-refractivity contribution in [3.8, 4) is 6.07 Å². The molecule has 1 atom stereocenters. The molecule has 0 N–H and O–H groups in total. The molecule has 3 saturated heterocycles. The van der Waals surface area contributed by atoms with Crippen molar-refractivity contribution in [1.82, 2.24) is 9.47 Å². The molecule has 3 aliphatic heterocycles. The summed E-state index contributed by atoms with van der Waals surface area (Å²) in [5, 5.41) is 9.64. The Balaban J connectivity index is 1.79. The van der Waals surface area contributed by atoms with Crippen molar-refractivity contribution in [3.63, 3.8) is 0 Å². The summed E-state index contributed by atoms with van der Waals surface area (Å²) in [6.07, 6.45) is 5.89. The number of nitrogens with zero attached hydrogens (tertiary/aromatic N) is 4. The molecule has 1 unspecified atom stereocenters. The van der Waals surface area contributed by atoms with Crippen molar-refractivity contribution in [2.75, 3.05) is 31.1 Å². The number of thioether (sulfide) groups is 1. The van der Waals surface area contributed by atoms with Crippen LogP contribution in [-0.4, -0.2) is 52.0 Å². The number of nitriles is 1. The minimum Gasteiger partial charge on any atom is -0.376 e. The largest absolute Gasteiger partial charge is 0.376 e. The Morgan fingerprint density at radius 3 is 2.65 bits per heavy atom. The first-order valence-electron chi connectivity index (χ1n) is 10.8. The average molecular weight is 459 g/mol. The van der Waals surface area contributed by atoms with Gasteiger partial charge >= 0.3 is 0 Å². The average Bonchev–Trinajstić information content (AvgIpc) is 3.50. The van der Waals surface area contributed by atoms with E-state index in [1.54, 1.807) is 16.4 Å². The fourth-order valence-electron chi connectivity index (χ4n) is 4.49. The summed E-state index contributed by atoms with van der Waals surface area (Å²) in [6, 6.07) is 2.07. The molecular formula is C22H26N4O3S2. The van der Waals surface area contributed by atoms with Crippen LogP contribution in [0.3, 0.4) is 0 Å². The first kappa shape index (κ1) is 22.1. The number of rotatable bonds is 5. The van der Waals surface area contributed by atoms with Crippen molar-refractivity contribution in [2.45, 2.75) is 52.2 Å². The van der Waals surface area contributed by atoms with Gasteiger partial charge in [-0.15, -0.1) is 0 Å². The lowest BCUT2D eigenvalue weighted by atomic mass is 10.0. The number of carbonyl (C=O) groups is 1. The molecule has 1 aromatic heterocycles. The number of hydrogen-bond acceptors (Lipinski definition) is 7. The van der Waals surface area contributed by atoms with Crippen LogP contribution < -0.4 is 10.5 Å². The van der Waals surface area contributed by atoms with Crippen LogP contribution in [0.25, 0.3) is 6.08 Å². The van der Waals surface area contributed by atoms with E-state index in [1.807, 2.05) is 13.0 Å². The maximum atomic E-state index is 13.2. The van der Waals surface area contributed by atoms with Gasteiger partial charge in [-0.3, -0.25) is 19.1 Å². The molecule has 0 radical (unpaired) electrons. The lowest BCUT2D eigenvalue weighted by molar-refractivity contribution is -0.123. The number of anilines is 1. The molecule has 3 aliphatic rings. The van der Waals surface area contributed by atoms with E-state index in [0.717, 1.165) is 56.8 Å². The van der Waals surface area contributed by atoms with E-state index in [4.69, 9.17) is 17.0 Å². The number of ether oxygens (including phenoxy) is 1. The van der Waals surface area contributed by atoms with E-state index in [-0.39, 0.29) is 23.1 Å². The third kappa shape index (κ3) is 4.04. The highest BCUT2D eigenvalue weighted by Crippen LogP contribution is 2.37. The summed E-state index contributed by atoms with van der Waals surface area (Å²) in [5.41, 5.74) is 1.24. The van der Waals surface area contributed by atoms with E-state index in [2.05, 4.69) is 11.0 Å². The summed E-state index contributed by atoms with van der Waals surface area (Å²) in [7, 11) is 0. The van der Waals surface area contributed by atoms with Gasteiger partial charge in [0.2, 0.25) is 0 Å². The van der Waals surface area contributed by atoms with Gasteiger partial charge in [-0.05, 0) is 51.2 Å². The third-order valence-electron chi connectivity index (χ3n) is 6.13. The number of thiocarbonyl (C=S) groups is 1. The highest BCUT2D eigenvalue weighted by Gasteiger charge is 2.35. The van der Waals surface area contributed by atoms with E-state index in [1.165, 1.54) is 11.8 Å². The van der Waals surface area contributed by atoms with Crippen LogP contribution in [0.5, 0.6) is 0 Å². The molecule has 31 heavy (non-hydrogen) atoms. The fourth-order valence-corrected chi connectivity index (χ4v) is 5.74. The summed E-state index contributed by atoms with van der Waals surface area (Å²) < 4.78 is 7.87. The maximum absolute atomic E-state index is 13.2. The van der Waals surface area contributed by atoms with Crippen LogP contribution in [0.4, 0.5) is 5.82 Å². The maximum Gasteiger partial charge on any atom is 0.270 e. The Morgan fingerprint density at radius 2 is 2.03 bits per heavy atom. The Kier molecular flexibility index (Phi) is 6.51. The molecule has 0 aromatic carbocycles. The monoisotopic (exact) mass is 458 g/mol. The third-order valence-corrected chi connectivity index (χ3v) is 7.51. The molecule has 1 amide bonds. The van der Waals surface area contributed by atoms with E-state index in [9.17, 15) is 14.9 Å². The molecular weight excluding hydrogens is 432 g/mol. The number of hydrogen-bond donors (Lipinski definition) is 0. The van der Waals surface area contributed by atoms with E-state index in [0.29, 0.717) is 27.9 Å². The van der Waals surface area contributed by atoms with E-state index < -0.39 is 0 Å². The Morgan fingerprint density at radius 1 is 1.29 bits per heavy atom. The topological polar surface area (TPSA) is 78.6 Å². The first-order chi connectivity index (χ1) is 15.0. The number of carbonyl (C=O) groups excluding carboxylic acids is 1. The number of amides is 1. The van der Waals surface area contributed by atoms with Crippen LogP contribution in [-0.2, 0) is 16.1 Å². The van der Waals surface area contributed by atoms with Crippen molar-refractivity contribution in [3.05, 3.63) is 31.9 Å². The second-order valence-electron chi connectivity index (χ2n) is 8.02. The van der Waals surface area contributed by atoms with Gasteiger partial charge in [-0.2, -0.15) is 5.26 Å². The van der Waals surface area contributed by atoms with Gasteiger partial charge in [-0.1, -0.05) is 24.0 Å². The van der Waals surface area contributed by atoms with Crippen LogP contribution >= 0.6 is 24.0 Å². The zero-order valence-corrected chi connectivity index (χ0v) is 19.5. The molecule has 0 bridgehead atoms. The van der Waals surface area contributed by atoms with Gasteiger partial charge in [0.1, 0.15) is 21.8 Å². The first-order valence-corrected chi connectivity index (χ1v) is 12.0. The second kappa shape index (κ2) is 9.15. The smallest absolute Gasteiger partial charge is 0.270 e. The lowest BCUT2D eigenvalue weighted by Crippen LogP contribution is -2.35. The number of pyridine rings is 1. The lowest BCUT2D eigenvalue weighted by Gasteiger charge is -2.26. The molecule has 4 heterocycles. The molecule has 7 nitrogen and oxygen atoms in total. The van der Waals surface area contributed by atoms with Gasteiger partial charge in [-0.25, -0.2) is 0 Å². The molecule has 0 saturated carbocycles. The number of aromatic nitrogens is 1. The highest BCUT2D eigenvalue weighted by atomic mass is 32.2. The van der Waals surface area contributed by atoms with Crippen molar-refractivity contribution in [2.24, 2.45) is 0 Å². The minimum absolute atomic E-state index is 0.0240. The van der Waals surface area contributed by atoms with Gasteiger partial charge < -0.3 is 9.64 Å². The molecule has 0 aliphatic carbocycles. The van der Waals surface area contributed by atoms with Gasteiger partial charge in [0, 0.05) is 31.8 Å². The second-order valence-corrected chi connectivity index (χ2v) is 9.70. The quantitative estimate of drug-likeness (QED) is 0.496. The zero-order valence-electron chi connectivity index (χ0n) is 17.8. The summed E-state index contributed by atoms with van der Waals surface area (Å²) in [4.78, 5) is 30.5. The summed E-state index contributed by atoms with van der Waals surface area (Å²) in [6.45, 7) is 7.06. The molecule has 164 valence electrons. The molecule has 9 heteroatoms. The molecule has 0 spiro atoms. The summed E-state index contributed by atoms with van der Waals surface area (Å²) >= 11 is 6.77. The SMILES string of the molecule is CCn1c(N2CCCC2)c(C=C2SC(=S)N(CC3CCCO3)C2=O)c(C)c(C#N)c1=O. The van der Waals surface area contributed by atoms with Crippen molar-refractivity contribution >= 4 is 46.1 Å². The van der Waals surface area contributed by atoms with Crippen LogP contribution in [0.15, 0.2) is 9.70 Å². The minimum atomic E-state index is -0.271. The predicted molar refractivity (Wildman–Crippen MR) is 126 cm³/mol. The van der Waals surface area contributed by atoms with Gasteiger partial charge in [0.25, 0.3) is 11.5 Å². The molecule has 3 fully saturated rings. The fraction of sp³-hybridized carbons (Fsp3) is 0.545. The van der Waals surface area contributed by atoms with Crippen LogP contribution in [0.1, 0.15) is 49.3 Å². The highest BCUT2D eigenvalue weighted by molar-refractivity contribution is 8.26. The zero-order chi connectivity index (χ0) is 22.1.